The first kappa shape index (κ1) is 16.6. The highest BCUT2D eigenvalue weighted by molar-refractivity contribution is 5.90. The first-order valence-electron chi connectivity index (χ1n) is 7.81. The Morgan fingerprint density at radius 3 is 2.68 bits per heavy atom. The number of carbonyl (C=O) groups excluding carboxylic acids is 1. The molecule has 0 radical (unpaired) electrons. The number of amides is 2. The van der Waals surface area contributed by atoms with E-state index in [1.807, 2.05) is 45.0 Å². The lowest BCUT2D eigenvalue weighted by Gasteiger charge is -2.26. The largest absolute Gasteiger partial charge is 0.491 e. The lowest BCUT2D eigenvalue weighted by molar-refractivity contribution is 0.0654. The fourth-order valence-corrected chi connectivity index (χ4v) is 1.85. The van der Waals surface area contributed by atoms with Crippen LogP contribution in [0.5, 0.6) is 5.75 Å². The van der Waals surface area contributed by atoms with Gasteiger partial charge in [0.1, 0.15) is 5.75 Å². The van der Waals surface area contributed by atoms with Crippen LogP contribution >= 0.6 is 0 Å². The maximum atomic E-state index is 12.0. The molecule has 1 atom stereocenters. The number of para-hydroxylation sites is 2. The number of anilines is 1. The zero-order valence-corrected chi connectivity index (χ0v) is 13.6. The van der Waals surface area contributed by atoms with Gasteiger partial charge in [-0.1, -0.05) is 32.9 Å². The van der Waals surface area contributed by atoms with Gasteiger partial charge in [-0.05, 0) is 36.3 Å². The Morgan fingerprint density at radius 1 is 1.36 bits per heavy atom. The van der Waals surface area contributed by atoms with Crippen LogP contribution in [0.15, 0.2) is 24.3 Å². The molecule has 0 aliphatic heterocycles. The number of aliphatic hydroxyl groups excluding tert-OH is 1. The number of aliphatic hydroxyl groups is 1. The number of urea groups is 1. The minimum atomic E-state index is -0.598. The standard InChI is InChI=1S/C17H26N2O3/c1-17(2,3)15(20)10-18-16(21)19-13-6-4-5-7-14(13)22-11-12-8-9-12/h4-7,12,15,20H,8-11H2,1-3H3,(H2,18,19,21). The van der Waals surface area contributed by atoms with Crippen molar-refractivity contribution in [3.8, 4) is 5.75 Å². The van der Waals surface area contributed by atoms with E-state index in [0.29, 0.717) is 24.0 Å². The van der Waals surface area contributed by atoms with E-state index >= 15 is 0 Å². The first-order valence-corrected chi connectivity index (χ1v) is 7.81. The quantitative estimate of drug-likeness (QED) is 0.756. The molecule has 0 saturated heterocycles. The van der Waals surface area contributed by atoms with Gasteiger partial charge in [-0.2, -0.15) is 0 Å². The van der Waals surface area contributed by atoms with Crippen LogP contribution in [0.4, 0.5) is 10.5 Å². The van der Waals surface area contributed by atoms with Crippen LogP contribution in [0, 0.1) is 11.3 Å². The van der Waals surface area contributed by atoms with Gasteiger partial charge in [0.15, 0.2) is 0 Å². The Kier molecular flexibility index (Phi) is 5.29. The summed E-state index contributed by atoms with van der Waals surface area (Å²) >= 11 is 0. The summed E-state index contributed by atoms with van der Waals surface area (Å²) in [6, 6.07) is 7.05. The first-order chi connectivity index (χ1) is 10.4. The van der Waals surface area contributed by atoms with Crippen molar-refractivity contribution < 1.29 is 14.6 Å². The summed E-state index contributed by atoms with van der Waals surface area (Å²) in [6.45, 7) is 6.69. The predicted octanol–water partition coefficient (Wildman–Crippen LogP) is 3.00. The number of ether oxygens (including phenoxy) is 1. The summed E-state index contributed by atoms with van der Waals surface area (Å²) < 4.78 is 5.75. The smallest absolute Gasteiger partial charge is 0.319 e. The molecule has 0 aromatic heterocycles. The second-order valence-electron chi connectivity index (χ2n) is 6.97. The fourth-order valence-electron chi connectivity index (χ4n) is 1.85. The Hall–Kier alpha value is -1.75. The molecular weight excluding hydrogens is 280 g/mol. The van der Waals surface area contributed by atoms with Gasteiger partial charge >= 0.3 is 6.03 Å². The molecule has 1 aliphatic carbocycles. The Labute approximate surface area is 132 Å². The molecule has 0 heterocycles. The van der Waals surface area contributed by atoms with Gasteiger partial charge in [0, 0.05) is 6.54 Å². The van der Waals surface area contributed by atoms with E-state index in [0.717, 1.165) is 0 Å². The normalized spacial score (nSPS) is 16.0. The molecule has 2 amide bonds. The molecule has 0 spiro atoms. The predicted molar refractivity (Wildman–Crippen MR) is 87.1 cm³/mol. The van der Waals surface area contributed by atoms with Crippen molar-refractivity contribution in [1.29, 1.82) is 0 Å². The molecule has 5 nitrogen and oxygen atoms in total. The summed E-state index contributed by atoms with van der Waals surface area (Å²) in [6.07, 6.45) is 1.85. The van der Waals surface area contributed by atoms with Crippen LogP contribution in [0.25, 0.3) is 0 Å². The molecule has 22 heavy (non-hydrogen) atoms. The van der Waals surface area contributed by atoms with Gasteiger partial charge in [0.05, 0.1) is 18.4 Å². The third-order valence-electron chi connectivity index (χ3n) is 3.76. The molecule has 1 aliphatic rings. The van der Waals surface area contributed by atoms with Crippen molar-refractivity contribution in [3.63, 3.8) is 0 Å². The van der Waals surface area contributed by atoms with E-state index in [9.17, 15) is 9.90 Å². The van der Waals surface area contributed by atoms with Crippen molar-refractivity contribution in [2.45, 2.75) is 39.7 Å². The maximum absolute atomic E-state index is 12.0. The van der Waals surface area contributed by atoms with E-state index in [4.69, 9.17) is 4.74 Å². The maximum Gasteiger partial charge on any atom is 0.319 e. The van der Waals surface area contributed by atoms with Gasteiger partial charge in [-0.25, -0.2) is 4.79 Å². The highest BCUT2D eigenvalue weighted by Gasteiger charge is 2.23. The lowest BCUT2D eigenvalue weighted by Crippen LogP contribution is -2.40. The number of hydrogen-bond donors (Lipinski definition) is 3. The summed E-state index contributed by atoms with van der Waals surface area (Å²) in [5.74, 6) is 1.34. The van der Waals surface area contributed by atoms with E-state index in [1.54, 1.807) is 0 Å². The summed E-state index contributed by atoms with van der Waals surface area (Å²) in [5.41, 5.74) is 0.379. The molecule has 1 aromatic rings. The topological polar surface area (TPSA) is 70.6 Å². The van der Waals surface area contributed by atoms with Crippen LogP contribution in [-0.4, -0.2) is 30.4 Å². The number of carbonyl (C=O) groups is 1. The Bertz CT molecular complexity index is 507. The summed E-state index contributed by atoms with van der Waals surface area (Å²) in [5, 5.41) is 15.4. The average Bonchev–Trinajstić information content (AvgIpc) is 3.27. The third-order valence-corrected chi connectivity index (χ3v) is 3.76. The van der Waals surface area contributed by atoms with Crippen LogP contribution in [0.1, 0.15) is 33.6 Å². The zero-order valence-electron chi connectivity index (χ0n) is 13.6. The third kappa shape index (κ3) is 5.22. The molecule has 2 rings (SSSR count). The van der Waals surface area contributed by atoms with E-state index in [1.165, 1.54) is 12.8 Å². The molecule has 3 N–H and O–H groups in total. The molecule has 0 bridgehead atoms. The van der Waals surface area contributed by atoms with Gasteiger partial charge in [-0.3, -0.25) is 0 Å². The monoisotopic (exact) mass is 306 g/mol. The number of rotatable bonds is 6. The van der Waals surface area contributed by atoms with Crippen molar-refractivity contribution in [2.75, 3.05) is 18.5 Å². The van der Waals surface area contributed by atoms with Crippen molar-refractivity contribution in [3.05, 3.63) is 24.3 Å². The second kappa shape index (κ2) is 7.01. The molecular formula is C17H26N2O3. The summed E-state index contributed by atoms with van der Waals surface area (Å²) in [4.78, 5) is 12.0. The highest BCUT2D eigenvalue weighted by Crippen LogP contribution is 2.31. The SMILES string of the molecule is CC(C)(C)C(O)CNC(=O)Nc1ccccc1OCC1CC1. The zero-order chi connectivity index (χ0) is 16.2. The number of hydrogen-bond acceptors (Lipinski definition) is 3. The van der Waals surface area contributed by atoms with Crippen LogP contribution in [0.3, 0.4) is 0 Å². The Morgan fingerprint density at radius 2 is 2.05 bits per heavy atom. The second-order valence-corrected chi connectivity index (χ2v) is 6.97. The van der Waals surface area contributed by atoms with Crippen molar-refractivity contribution in [2.24, 2.45) is 11.3 Å². The van der Waals surface area contributed by atoms with E-state index in [-0.39, 0.29) is 18.0 Å². The Balaban J connectivity index is 1.85. The number of nitrogens with one attached hydrogen (secondary N) is 2. The van der Waals surface area contributed by atoms with Gasteiger partial charge in [0.2, 0.25) is 0 Å². The molecule has 1 unspecified atom stereocenters. The molecule has 1 aromatic carbocycles. The minimum Gasteiger partial charge on any atom is -0.491 e. The lowest BCUT2D eigenvalue weighted by atomic mass is 9.89. The summed E-state index contributed by atoms with van der Waals surface area (Å²) in [7, 11) is 0. The van der Waals surface area contributed by atoms with Gasteiger partial charge < -0.3 is 20.5 Å². The minimum absolute atomic E-state index is 0.209. The van der Waals surface area contributed by atoms with Crippen molar-refractivity contribution in [1.82, 2.24) is 5.32 Å². The van der Waals surface area contributed by atoms with Gasteiger partial charge in [-0.15, -0.1) is 0 Å². The van der Waals surface area contributed by atoms with Crippen LogP contribution < -0.4 is 15.4 Å². The average molecular weight is 306 g/mol. The van der Waals surface area contributed by atoms with E-state index in [2.05, 4.69) is 10.6 Å². The highest BCUT2D eigenvalue weighted by atomic mass is 16.5. The molecule has 5 heteroatoms. The van der Waals surface area contributed by atoms with Crippen molar-refractivity contribution >= 4 is 11.7 Å². The number of benzene rings is 1. The van der Waals surface area contributed by atoms with E-state index < -0.39 is 6.10 Å². The van der Waals surface area contributed by atoms with Gasteiger partial charge in [0.25, 0.3) is 0 Å². The fraction of sp³-hybridized carbons (Fsp3) is 0.588. The molecule has 122 valence electrons. The van der Waals surface area contributed by atoms with Crippen LogP contribution in [-0.2, 0) is 0 Å². The van der Waals surface area contributed by atoms with Crippen LogP contribution in [0.2, 0.25) is 0 Å². The molecule has 1 fully saturated rings. The molecule has 1 saturated carbocycles.